The van der Waals surface area contributed by atoms with Gasteiger partial charge in [0.15, 0.2) is 5.82 Å². The minimum Gasteiger partial charge on any atom is -0.348 e. The lowest BCUT2D eigenvalue weighted by Gasteiger charge is -2.11. The molecule has 31 heavy (non-hydrogen) atoms. The minimum absolute atomic E-state index is 0.146. The third kappa shape index (κ3) is 4.78. The van der Waals surface area contributed by atoms with Crippen LogP contribution in [0.25, 0.3) is 5.82 Å². The summed E-state index contributed by atoms with van der Waals surface area (Å²) in [4.78, 5) is 17.1. The molecule has 0 aliphatic rings. The molecular formula is C22H19N5O3S. The first-order valence-corrected chi connectivity index (χ1v) is 10.9. The Morgan fingerprint density at radius 2 is 1.77 bits per heavy atom. The number of nitrogens with one attached hydrogen (secondary N) is 2. The van der Waals surface area contributed by atoms with Gasteiger partial charge in [0.05, 0.1) is 4.90 Å². The Labute approximate surface area is 179 Å². The average molecular weight is 433 g/mol. The molecular weight excluding hydrogens is 414 g/mol. The molecule has 0 bridgehead atoms. The van der Waals surface area contributed by atoms with Crippen LogP contribution in [-0.2, 0) is 16.6 Å². The number of pyridine rings is 1. The van der Waals surface area contributed by atoms with Crippen LogP contribution in [0.1, 0.15) is 15.9 Å². The third-order valence-electron chi connectivity index (χ3n) is 4.46. The van der Waals surface area contributed by atoms with Gasteiger partial charge in [0.2, 0.25) is 0 Å². The van der Waals surface area contributed by atoms with Crippen LogP contribution in [0, 0.1) is 0 Å². The third-order valence-corrected chi connectivity index (χ3v) is 5.86. The molecule has 0 unspecified atom stereocenters. The second-order valence-electron chi connectivity index (χ2n) is 6.62. The van der Waals surface area contributed by atoms with Crippen molar-refractivity contribution < 1.29 is 13.2 Å². The van der Waals surface area contributed by atoms with Gasteiger partial charge < -0.3 is 5.32 Å². The van der Waals surface area contributed by atoms with Gasteiger partial charge in [-0.3, -0.25) is 9.52 Å². The summed E-state index contributed by atoms with van der Waals surface area (Å²) < 4.78 is 29.2. The number of sulfonamides is 1. The van der Waals surface area contributed by atoms with Crippen LogP contribution in [-0.4, -0.2) is 29.1 Å². The van der Waals surface area contributed by atoms with E-state index in [4.69, 9.17) is 0 Å². The zero-order chi connectivity index (χ0) is 21.7. The van der Waals surface area contributed by atoms with Crippen molar-refractivity contribution in [3.63, 3.8) is 0 Å². The van der Waals surface area contributed by atoms with E-state index in [0.29, 0.717) is 17.1 Å². The van der Waals surface area contributed by atoms with Gasteiger partial charge in [-0.05, 0) is 42.5 Å². The van der Waals surface area contributed by atoms with E-state index in [1.807, 2.05) is 6.07 Å². The number of hydrogen-bond acceptors (Lipinski definition) is 5. The minimum atomic E-state index is -3.74. The van der Waals surface area contributed by atoms with E-state index in [-0.39, 0.29) is 17.3 Å². The molecule has 1 amide bonds. The summed E-state index contributed by atoms with van der Waals surface area (Å²) in [6.07, 6.45) is 5.08. The van der Waals surface area contributed by atoms with Crippen molar-refractivity contribution in [1.29, 1.82) is 0 Å². The van der Waals surface area contributed by atoms with E-state index in [0.717, 1.165) is 5.56 Å². The number of aromatic nitrogens is 3. The summed E-state index contributed by atoms with van der Waals surface area (Å²) in [6.45, 7) is 0.238. The van der Waals surface area contributed by atoms with Crippen molar-refractivity contribution >= 4 is 21.6 Å². The lowest BCUT2D eigenvalue weighted by atomic mass is 10.2. The van der Waals surface area contributed by atoms with Crippen LogP contribution in [0.4, 0.5) is 5.69 Å². The van der Waals surface area contributed by atoms with Gasteiger partial charge in [0.1, 0.15) is 0 Å². The van der Waals surface area contributed by atoms with Crippen LogP contribution in [0.5, 0.6) is 0 Å². The number of hydrogen-bond donors (Lipinski definition) is 2. The maximum Gasteiger partial charge on any atom is 0.261 e. The lowest BCUT2D eigenvalue weighted by molar-refractivity contribution is 0.0951. The Balaban J connectivity index is 1.47. The lowest BCUT2D eigenvalue weighted by Crippen LogP contribution is -2.24. The van der Waals surface area contributed by atoms with Crippen molar-refractivity contribution in [2.45, 2.75) is 11.4 Å². The smallest absolute Gasteiger partial charge is 0.261 e. The van der Waals surface area contributed by atoms with Crippen molar-refractivity contribution in [2.24, 2.45) is 0 Å². The van der Waals surface area contributed by atoms with Gasteiger partial charge in [-0.1, -0.05) is 30.3 Å². The number of rotatable bonds is 7. The van der Waals surface area contributed by atoms with Crippen molar-refractivity contribution in [2.75, 3.05) is 4.72 Å². The van der Waals surface area contributed by atoms with E-state index in [1.54, 1.807) is 71.8 Å². The largest absolute Gasteiger partial charge is 0.348 e. The van der Waals surface area contributed by atoms with Crippen molar-refractivity contribution in [1.82, 2.24) is 20.1 Å². The monoisotopic (exact) mass is 433 g/mol. The topological polar surface area (TPSA) is 106 Å². The normalized spacial score (nSPS) is 11.1. The molecule has 0 atom stereocenters. The molecule has 0 spiro atoms. The fourth-order valence-electron chi connectivity index (χ4n) is 2.98. The van der Waals surface area contributed by atoms with Crippen molar-refractivity contribution in [3.05, 3.63) is 103 Å². The molecule has 4 aromatic rings. The number of amides is 1. The van der Waals surface area contributed by atoms with E-state index in [9.17, 15) is 13.2 Å². The number of anilines is 1. The van der Waals surface area contributed by atoms with Gasteiger partial charge in [-0.25, -0.2) is 18.1 Å². The molecule has 0 fully saturated rings. The van der Waals surface area contributed by atoms with E-state index in [1.165, 1.54) is 18.2 Å². The Hall–Kier alpha value is -3.98. The summed E-state index contributed by atoms with van der Waals surface area (Å²) in [5.41, 5.74) is 1.42. The second kappa shape index (κ2) is 8.80. The first-order valence-electron chi connectivity index (χ1n) is 9.43. The fourth-order valence-corrected chi connectivity index (χ4v) is 4.05. The molecule has 0 aliphatic heterocycles. The highest BCUT2D eigenvalue weighted by molar-refractivity contribution is 7.92. The summed E-state index contributed by atoms with van der Waals surface area (Å²) in [7, 11) is -3.74. The molecule has 2 aromatic heterocycles. The molecule has 9 heteroatoms. The second-order valence-corrected chi connectivity index (χ2v) is 8.30. The zero-order valence-electron chi connectivity index (χ0n) is 16.3. The maximum atomic E-state index is 12.7. The van der Waals surface area contributed by atoms with Crippen LogP contribution >= 0.6 is 0 Å². The van der Waals surface area contributed by atoms with Crippen LogP contribution in [0.3, 0.4) is 0 Å². The van der Waals surface area contributed by atoms with E-state index < -0.39 is 10.0 Å². The molecule has 156 valence electrons. The number of benzene rings is 2. The average Bonchev–Trinajstić information content (AvgIpc) is 3.33. The predicted octanol–water partition coefficient (Wildman–Crippen LogP) is 3.00. The number of carbonyl (C=O) groups is 1. The summed E-state index contributed by atoms with van der Waals surface area (Å²) in [6, 6.07) is 19.8. The van der Waals surface area contributed by atoms with Gasteiger partial charge >= 0.3 is 0 Å². The van der Waals surface area contributed by atoms with Gasteiger partial charge in [0, 0.05) is 41.9 Å². The fraction of sp³-hybridized carbons (Fsp3) is 0.0455. The highest BCUT2D eigenvalue weighted by Gasteiger charge is 2.15. The summed E-state index contributed by atoms with van der Waals surface area (Å²) >= 11 is 0. The molecule has 0 radical (unpaired) electrons. The maximum absolute atomic E-state index is 12.7. The highest BCUT2D eigenvalue weighted by atomic mass is 32.2. The molecule has 4 rings (SSSR count). The first kappa shape index (κ1) is 20.3. The van der Waals surface area contributed by atoms with Gasteiger partial charge in [0.25, 0.3) is 15.9 Å². The first-order chi connectivity index (χ1) is 15.0. The molecule has 2 aromatic carbocycles. The van der Waals surface area contributed by atoms with Crippen LogP contribution in [0.2, 0.25) is 0 Å². The highest BCUT2D eigenvalue weighted by Crippen LogP contribution is 2.17. The zero-order valence-corrected chi connectivity index (χ0v) is 17.2. The summed E-state index contributed by atoms with van der Waals surface area (Å²) in [5.74, 6) is 0.285. The summed E-state index contributed by atoms with van der Waals surface area (Å²) in [5, 5.41) is 7.02. The van der Waals surface area contributed by atoms with Crippen LogP contribution < -0.4 is 10.0 Å². The number of nitrogens with zero attached hydrogens (tertiary/aromatic N) is 3. The Morgan fingerprint density at radius 1 is 0.935 bits per heavy atom. The van der Waals surface area contributed by atoms with Gasteiger partial charge in [-0.15, -0.1) is 0 Å². The van der Waals surface area contributed by atoms with E-state index in [2.05, 4.69) is 20.1 Å². The van der Waals surface area contributed by atoms with Crippen LogP contribution in [0.15, 0.2) is 96.3 Å². The molecule has 2 heterocycles. The molecule has 0 saturated heterocycles. The predicted molar refractivity (Wildman–Crippen MR) is 116 cm³/mol. The molecule has 0 aliphatic carbocycles. The Kier molecular flexibility index (Phi) is 5.76. The SMILES string of the molecule is O=C(NCc1cccnc1-n1cccn1)c1cccc(NS(=O)(=O)c2ccccc2)c1. The van der Waals surface area contributed by atoms with Gasteiger partial charge in [-0.2, -0.15) is 5.10 Å². The van der Waals surface area contributed by atoms with E-state index >= 15 is 0 Å². The molecule has 8 nitrogen and oxygen atoms in total. The standard InChI is InChI=1S/C22H19N5O3S/c28-22(24-16-18-8-5-12-23-21(18)27-14-6-13-25-27)17-7-4-9-19(15-17)26-31(29,30)20-10-2-1-3-11-20/h1-15,26H,16H2,(H,24,28). The Bertz CT molecular complexity index is 1290. The number of carbonyl (C=O) groups excluding carboxylic acids is 1. The Morgan fingerprint density at radius 3 is 2.55 bits per heavy atom. The quantitative estimate of drug-likeness (QED) is 0.466. The molecule has 0 saturated carbocycles. The molecule has 2 N–H and O–H groups in total. The van der Waals surface area contributed by atoms with Crippen molar-refractivity contribution in [3.8, 4) is 5.82 Å².